The second kappa shape index (κ2) is 6.84. The van der Waals surface area contributed by atoms with Gasteiger partial charge in [0.15, 0.2) is 0 Å². The number of carbonyl (C=O) groups excluding carboxylic acids is 1. The van der Waals surface area contributed by atoms with Crippen molar-refractivity contribution in [1.29, 1.82) is 0 Å². The molecule has 1 rings (SSSR count). The van der Waals surface area contributed by atoms with Crippen LogP contribution >= 0.6 is 11.6 Å². The zero-order valence-electron chi connectivity index (χ0n) is 10.9. The predicted molar refractivity (Wildman–Crippen MR) is 70.9 cm³/mol. The van der Waals surface area contributed by atoms with Gasteiger partial charge in [0.05, 0.1) is 17.2 Å². The standard InChI is InChI=1S/C13H17ClFNO3/c1-13(5-6-17,8-19-2)16-12(18)9-3-4-10(14)11(15)7-9/h3-4,7,17H,5-6,8H2,1-2H3,(H,16,18). The first kappa shape index (κ1) is 15.9. The molecule has 0 spiro atoms. The summed E-state index contributed by atoms with van der Waals surface area (Å²) in [6.07, 6.45) is 0.336. The Labute approximate surface area is 116 Å². The summed E-state index contributed by atoms with van der Waals surface area (Å²) in [6, 6.07) is 3.84. The topological polar surface area (TPSA) is 58.6 Å². The number of rotatable bonds is 6. The molecular weight excluding hydrogens is 273 g/mol. The molecule has 4 nitrogen and oxygen atoms in total. The van der Waals surface area contributed by atoms with E-state index in [2.05, 4.69) is 5.32 Å². The predicted octanol–water partition coefficient (Wildman–Crippen LogP) is 2.00. The van der Waals surface area contributed by atoms with Gasteiger partial charge in [0.2, 0.25) is 0 Å². The van der Waals surface area contributed by atoms with Gasteiger partial charge in [0, 0.05) is 19.3 Å². The number of methoxy groups -OCH3 is 1. The van der Waals surface area contributed by atoms with Crippen LogP contribution < -0.4 is 5.32 Å². The van der Waals surface area contributed by atoms with Crippen molar-refractivity contribution in [2.75, 3.05) is 20.3 Å². The number of amides is 1. The molecule has 0 aromatic heterocycles. The van der Waals surface area contributed by atoms with E-state index in [0.717, 1.165) is 6.07 Å². The average molecular weight is 290 g/mol. The lowest BCUT2D eigenvalue weighted by atomic mass is 9.98. The van der Waals surface area contributed by atoms with Crippen LogP contribution in [0.3, 0.4) is 0 Å². The Balaban J connectivity index is 2.84. The summed E-state index contributed by atoms with van der Waals surface area (Å²) < 4.78 is 18.3. The Bertz CT molecular complexity index is 448. The molecule has 1 unspecified atom stereocenters. The van der Waals surface area contributed by atoms with Crippen LogP contribution in [0.25, 0.3) is 0 Å². The third-order valence-electron chi connectivity index (χ3n) is 2.72. The van der Waals surface area contributed by atoms with Crippen LogP contribution in [0.1, 0.15) is 23.7 Å². The first-order valence-corrected chi connectivity index (χ1v) is 6.17. The molecule has 0 saturated heterocycles. The monoisotopic (exact) mass is 289 g/mol. The smallest absolute Gasteiger partial charge is 0.251 e. The molecule has 0 heterocycles. The molecule has 106 valence electrons. The summed E-state index contributed by atoms with van der Waals surface area (Å²) in [5.74, 6) is -1.09. The Hall–Kier alpha value is -1.17. The summed E-state index contributed by atoms with van der Waals surface area (Å²) in [6.45, 7) is 1.90. The summed E-state index contributed by atoms with van der Waals surface area (Å²) >= 11 is 5.56. The van der Waals surface area contributed by atoms with Crippen molar-refractivity contribution < 1.29 is 19.0 Å². The molecular formula is C13H17ClFNO3. The van der Waals surface area contributed by atoms with Gasteiger partial charge in [-0.05, 0) is 31.5 Å². The first-order valence-electron chi connectivity index (χ1n) is 5.79. The molecule has 0 fully saturated rings. The first-order chi connectivity index (χ1) is 8.91. The second-order valence-corrected chi connectivity index (χ2v) is 4.96. The molecule has 19 heavy (non-hydrogen) atoms. The fraction of sp³-hybridized carbons (Fsp3) is 0.462. The molecule has 0 saturated carbocycles. The highest BCUT2D eigenvalue weighted by molar-refractivity contribution is 6.30. The summed E-state index contributed by atoms with van der Waals surface area (Å²) in [5.41, 5.74) is -0.543. The maximum absolute atomic E-state index is 13.3. The van der Waals surface area contributed by atoms with Crippen LogP contribution in [0.5, 0.6) is 0 Å². The second-order valence-electron chi connectivity index (χ2n) is 4.55. The van der Waals surface area contributed by atoms with E-state index in [4.69, 9.17) is 21.4 Å². The number of ether oxygens (including phenoxy) is 1. The van der Waals surface area contributed by atoms with Gasteiger partial charge in [-0.25, -0.2) is 4.39 Å². The average Bonchev–Trinajstić information content (AvgIpc) is 2.32. The van der Waals surface area contributed by atoms with Crippen LogP contribution in [0.2, 0.25) is 5.02 Å². The van der Waals surface area contributed by atoms with Crippen molar-refractivity contribution in [2.24, 2.45) is 0 Å². The molecule has 2 N–H and O–H groups in total. The normalized spacial score (nSPS) is 13.9. The van der Waals surface area contributed by atoms with Gasteiger partial charge in [-0.3, -0.25) is 4.79 Å². The lowest BCUT2D eigenvalue weighted by Gasteiger charge is -2.29. The number of carbonyl (C=O) groups is 1. The van der Waals surface area contributed by atoms with Gasteiger partial charge in [-0.1, -0.05) is 11.6 Å². The zero-order chi connectivity index (χ0) is 14.5. The van der Waals surface area contributed by atoms with E-state index >= 15 is 0 Å². The van der Waals surface area contributed by atoms with Crippen LogP contribution in [-0.2, 0) is 4.74 Å². The largest absolute Gasteiger partial charge is 0.396 e. The third-order valence-corrected chi connectivity index (χ3v) is 3.03. The molecule has 1 atom stereocenters. The van der Waals surface area contributed by atoms with E-state index in [1.807, 2.05) is 0 Å². The number of halogens is 2. The molecule has 1 aromatic rings. The fourth-order valence-electron chi connectivity index (χ4n) is 1.72. The van der Waals surface area contributed by atoms with Crippen LogP contribution in [0, 0.1) is 5.82 Å². The van der Waals surface area contributed by atoms with Crippen molar-refractivity contribution in [2.45, 2.75) is 18.9 Å². The Morgan fingerprint density at radius 1 is 1.58 bits per heavy atom. The van der Waals surface area contributed by atoms with Gasteiger partial charge in [-0.2, -0.15) is 0 Å². The van der Waals surface area contributed by atoms with Crippen molar-refractivity contribution in [1.82, 2.24) is 5.32 Å². The van der Waals surface area contributed by atoms with Crippen molar-refractivity contribution in [3.8, 4) is 0 Å². The van der Waals surface area contributed by atoms with E-state index < -0.39 is 17.3 Å². The minimum atomic E-state index is -0.712. The van der Waals surface area contributed by atoms with E-state index in [9.17, 15) is 9.18 Å². The molecule has 0 aliphatic rings. The van der Waals surface area contributed by atoms with Crippen LogP contribution in [-0.4, -0.2) is 36.9 Å². The minimum absolute atomic E-state index is 0.0356. The van der Waals surface area contributed by atoms with Crippen molar-refractivity contribution in [3.05, 3.63) is 34.6 Å². The Kier molecular flexibility index (Phi) is 5.72. The van der Waals surface area contributed by atoms with Gasteiger partial charge in [0.1, 0.15) is 5.82 Å². The molecule has 0 bridgehead atoms. The highest BCUT2D eigenvalue weighted by atomic mass is 35.5. The number of benzene rings is 1. The van der Waals surface area contributed by atoms with Gasteiger partial charge < -0.3 is 15.2 Å². The third kappa shape index (κ3) is 4.45. The summed E-state index contributed by atoms with van der Waals surface area (Å²) in [4.78, 5) is 12.0. The molecule has 1 amide bonds. The number of nitrogens with one attached hydrogen (secondary N) is 1. The maximum atomic E-state index is 13.3. The summed E-state index contributed by atoms with van der Waals surface area (Å²) in [7, 11) is 1.50. The van der Waals surface area contributed by atoms with Gasteiger partial charge in [-0.15, -0.1) is 0 Å². The highest BCUT2D eigenvalue weighted by Crippen LogP contribution is 2.17. The van der Waals surface area contributed by atoms with Gasteiger partial charge >= 0.3 is 0 Å². The number of hydrogen-bond donors (Lipinski definition) is 2. The number of aliphatic hydroxyl groups is 1. The molecule has 0 aliphatic heterocycles. The number of aliphatic hydroxyl groups excluding tert-OH is 1. The molecule has 1 aromatic carbocycles. The summed E-state index contributed by atoms with van der Waals surface area (Å²) in [5, 5.41) is 11.7. The minimum Gasteiger partial charge on any atom is -0.396 e. The highest BCUT2D eigenvalue weighted by Gasteiger charge is 2.26. The quantitative estimate of drug-likeness (QED) is 0.842. The molecule has 0 aliphatic carbocycles. The Morgan fingerprint density at radius 3 is 2.79 bits per heavy atom. The van der Waals surface area contributed by atoms with E-state index in [1.54, 1.807) is 6.92 Å². The Morgan fingerprint density at radius 2 is 2.26 bits per heavy atom. The zero-order valence-corrected chi connectivity index (χ0v) is 11.6. The lowest BCUT2D eigenvalue weighted by Crippen LogP contribution is -2.50. The number of hydrogen-bond acceptors (Lipinski definition) is 3. The molecule has 0 radical (unpaired) electrons. The van der Waals surface area contributed by atoms with E-state index in [0.29, 0.717) is 6.42 Å². The van der Waals surface area contributed by atoms with Gasteiger partial charge in [0.25, 0.3) is 5.91 Å². The van der Waals surface area contributed by atoms with Crippen LogP contribution in [0.15, 0.2) is 18.2 Å². The van der Waals surface area contributed by atoms with Crippen LogP contribution in [0.4, 0.5) is 4.39 Å². The van der Waals surface area contributed by atoms with Crippen molar-refractivity contribution >= 4 is 17.5 Å². The van der Waals surface area contributed by atoms with Crippen molar-refractivity contribution in [3.63, 3.8) is 0 Å². The van der Waals surface area contributed by atoms with E-state index in [1.165, 1.54) is 19.2 Å². The fourth-order valence-corrected chi connectivity index (χ4v) is 1.84. The SMILES string of the molecule is COCC(C)(CCO)NC(=O)c1ccc(Cl)c(F)c1. The maximum Gasteiger partial charge on any atom is 0.251 e. The lowest BCUT2D eigenvalue weighted by molar-refractivity contribution is 0.0725. The molecule has 6 heteroatoms. The van der Waals surface area contributed by atoms with E-state index in [-0.39, 0.29) is 23.8 Å².